The Balaban J connectivity index is 1.66. The van der Waals surface area contributed by atoms with E-state index in [0.717, 1.165) is 28.4 Å². The van der Waals surface area contributed by atoms with Crippen LogP contribution in [0.2, 0.25) is 0 Å². The quantitative estimate of drug-likeness (QED) is 0.268. The maximum absolute atomic E-state index is 2.32. The van der Waals surface area contributed by atoms with E-state index in [4.69, 9.17) is 0 Å². The van der Waals surface area contributed by atoms with Gasteiger partial charge >= 0.3 is 0 Å². The fourth-order valence-corrected chi connectivity index (χ4v) is 4.28. The molecule has 0 aliphatic heterocycles. The summed E-state index contributed by atoms with van der Waals surface area (Å²) in [6, 6.07) is 48.8. The summed E-state index contributed by atoms with van der Waals surface area (Å²) in [5, 5.41) is 0. The number of para-hydroxylation sites is 5. The molecule has 0 saturated heterocycles. The maximum atomic E-state index is 2.32. The highest BCUT2D eigenvalue weighted by molar-refractivity contribution is 5.90. The Morgan fingerprint density at radius 3 is 1.39 bits per heavy atom. The van der Waals surface area contributed by atoms with Crippen molar-refractivity contribution in [3.05, 3.63) is 140 Å². The Kier molecular flexibility index (Phi) is 5.90. The number of hydrogen-bond acceptors (Lipinski definition) is 2. The number of hydrogen-bond donors (Lipinski definition) is 0. The molecule has 5 rings (SSSR count). The molecule has 0 N–H and O–H groups in total. The lowest BCUT2D eigenvalue weighted by Gasteiger charge is -2.31. The van der Waals surface area contributed by atoms with Crippen LogP contribution >= 0.6 is 0 Å². The van der Waals surface area contributed by atoms with E-state index in [1.165, 1.54) is 11.1 Å². The average Bonchev–Trinajstić information content (AvgIpc) is 2.90. The molecule has 5 aromatic carbocycles. The molecule has 5 aromatic rings. The van der Waals surface area contributed by atoms with E-state index in [1.54, 1.807) is 0 Å². The van der Waals surface area contributed by atoms with Crippen LogP contribution in [0, 0.1) is 0 Å². The van der Waals surface area contributed by atoms with Crippen molar-refractivity contribution < 1.29 is 0 Å². The molecule has 0 bridgehead atoms. The summed E-state index contributed by atoms with van der Waals surface area (Å²) in [6.45, 7) is 0. The minimum atomic E-state index is 1.13. The van der Waals surface area contributed by atoms with Gasteiger partial charge in [0, 0.05) is 29.7 Å². The highest BCUT2D eigenvalue weighted by Gasteiger charge is 2.19. The topological polar surface area (TPSA) is 6.48 Å². The molecule has 33 heavy (non-hydrogen) atoms. The highest BCUT2D eigenvalue weighted by atomic mass is 15.2. The summed E-state index contributed by atoms with van der Waals surface area (Å²) in [6.07, 6.45) is 0. The number of rotatable bonds is 6. The van der Waals surface area contributed by atoms with Crippen LogP contribution in [0.3, 0.4) is 0 Å². The minimum Gasteiger partial charge on any atom is -0.342 e. The fourth-order valence-electron chi connectivity index (χ4n) is 4.28. The van der Waals surface area contributed by atoms with Crippen molar-refractivity contribution in [2.75, 3.05) is 16.8 Å². The molecule has 0 radical (unpaired) electrons. The van der Waals surface area contributed by atoms with E-state index in [9.17, 15) is 0 Å². The van der Waals surface area contributed by atoms with Crippen molar-refractivity contribution >= 4 is 28.4 Å². The second-order valence-electron chi connectivity index (χ2n) is 7.94. The van der Waals surface area contributed by atoms with Gasteiger partial charge in [-0.15, -0.1) is 0 Å². The Morgan fingerprint density at radius 1 is 0.394 bits per heavy atom. The van der Waals surface area contributed by atoms with Gasteiger partial charge in [0.25, 0.3) is 0 Å². The first-order chi connectivity index (χ1) is 16.3. The average molecular weight is 427 g/mol. The van der Waals surface area contributed by atoms with Crippen molar-refractivity contribution in [1.82, 2.24) is 0 Å². The molecular weight excluding hydrogens is 400 g/mol. The lowest BCUT2D eigenvalue weighted by Crippen LogP contribution is -2.17. The third-order valence-electron chi connectivity index (χ3n) is 5.86. The molecule has 0 aliphatic rings. The predicted octanol–water partition coefficient (Wildman–Crippen LogP) is 8.59. The summed E-state index contributed by atoms with van der Waals surface area (Å²) < 4.78 is 0. The van der Waals surface area contributed by atoms with Gasteiger partial charge < -0.3 is 9.80 Å². The van der Waals surface area contributed by atoms with Gasteiger partial charge in [-0.25, -0.2) is 0 Å². The summed E-state index contributed by atoms with van der Waals surface area (Å²) in [5.74, 6) is 0. The normalized spacial score (nSPS) is 10.6. The SMILES string of the molecule is CN(c1ccccc1-c1ccccc1)c1ccccc1N(c1ccccc1)c1ccccc1. The Morgan fingerprint density at radius 2 is 0.818 bits per heavy atom. The molecule has 0 aromatic heterocycles. The predicted molar refractivity (Wildman–Crippen MR) is 141 cm³/mol. The third kappa shape index (κ3) is 4.24. The van der Waals surface area contributed by atoms with E-state index >= 15 is 0 Å². The lowest BCUT2D eigenvalue weighted by atomic mass is 10.0. The van der Waals surface area contributed by atoms with Gasteiger partial charge in [-0.3, -0.25) is 0 Å². The molecule has 0 unspecified atom stereocenters. The van der Waals surface area contributed by atoms with Crippen LogP contribution in [-0.4, -0.2) is 7.05 Å². The molecule has 160 valence electrons. The van der Waals surface area contributed by atoms with Gasteiger partial charge in [0.2, 0.25) is 0 Å². The fraction of sp³-hybridized carbons (Fsp3) is 0.0323. The van der Waals surface area contributed by atoms with Crippen molar-refractivity contribution in [2.24, 2.45) is 0 Å². The highest BCUT2D eigenvalue weighted by Crippen LogP contribution is 2.43. The first kappa shape index (κ1) is 20.6. The van der Waals surface area contributed by atoms with Crippen LogP contribution in [0.15, 0.2) is 140 Å². The molecule has 2 nitrogen and oxygen atoms in total. The molecule has 0 heterocycles. The largest absolute Gasteiger partial charge is 0.342 e. The molecule has 0 amide bonds. The van der Waals surface area contributed by atoms with Gasteiger partial charge in [0.15, 0.2) is 0 Å². The monoisotopic (exact) mass is 426 g/mol. The number of nitrogens with zero attached hydrogens (tertiary/aromatic N) is 2. The van der Waals surface area contributed by atoms with Gasteiger partial charge in [-0.1, -0.05) is 97.1 Å². The van der Waals surface area contributed by atoms with E-state index in [2.05, 4.69) is 156 Å². The van der Waals surface area contributed by atoms with Gasteiger partial charge in [-0.2, -0.15) is 0 Å². The van der Waals surface area contributed by atoms with Crippen LogP contribution < -0.4 is 9.80 Å². The molecule has 0 fully saturated rings. The second-order valence-corrected chi connectivity index (χ2v) is 7.94. The van der Waals surface area contributed by atoms with Crippen molar-refractivity contribution in [2.45, 2.75) is 0 Å². The second kappa shape index (κ2) is 9.46. The van der Waals surface area contributed by atoms with E-state index in [0.29, 0.717) is 0 Å². The molecule has 2 heteroatoms. The summed E-state index contributed by atoms with van der Waals surface area (Å²) in [4.78, 5) is 4.60. The zero-order valence-corrected chi connectivity index (χ0v) is 18.7. The summed E-state index contributed by atoms with van der Waals surface area (Å²) >= 11 is 0. The molecule has 0 aliphatic carbocycles. The van der Waals surface area contributed by atoms with Crippen molar-refractivity contribution in [3.8, 4) is 11.1 Å². The molecule has 0 spiro atoms. The van der Waals surface area contributed by atoms with Gasteiger partial charge in [0.05, 0.1) is 11.4 Å². The maximum Gasteiger partial charge on any atom is 0.0698 e. The zero-order chi connectivity index (χ0) is 22.5. The van der Waals surface area contributed by atoms with Crippen LogP contribution in [0.25, 0.3) is 11.1 Å². The standard InChI is InChI=1S/C31H26N2/c1-32(29-22-12-11-21-28(29)25-15-5-2-6-16-25)30-23-13-14-24-31(30)33(26-17-7-3-8-18-26)27-19-9-4-10-20-27/h2-24H,1H3. The first-order valence-electron chi connectivity index (χ1n) is 11.2. The lowest BCUT2D eigenvalue weighted by molar-refractivity contribution is 1.18. The van der Waals surface area contributed by atoms with Crippen LogP contribution in [0.4, 0.5) is 28.4 Å². The first-order valence-corrected chi connectivity index (χ1v) is 11.2. The zero-order valence-electron chi connectivity index (χ0n) is 18.7. The van der Waals surface area contributed by atoms with Gasteiger partial charge in [0.1, 0.15) is 0 Å². The Labute approximate surface area is 196 Å². The molecule has 0 atom stereocenters. The number of anilines is 5. The van der Waals surface area contributed by atoms with E-state index in [1.807, 2.05) is 0 Å². The van der Waals surface area contributed by atoms with Gasteiger partial charge in [-0.05, 0) is 48.0 Å². The third-order valence-corrected chi connectivity index (χ3v) is 5.86. The molecule has 0 saturated carbocycles. The van der Waals surface area contributed by atoms with Crippen molar-refractivity contribution in [1.29, 1.82) is 0 Å². The van der Waals surface area contributed by atoms with Crippen LogP contribution in [-0.2, 0) is 0 Å². The summed E-state index contributed by atoms with van der Waals surface area (Å²) in [5.41, 5.74) is 8.09. The Hall–Kier alpha value is -4.30. The number of benzene rings is 5. The van der Waals surface area contributed by atoms with Crippen LogP contribution in [0.5, 0.6) is 0 Å². The van der Waals surface area contributed by atoms with Crippen LogP contribution in [0.1, 0.15) is 0 Å². The Bertz CT molecular complexity index is 1280. The van der Waals surface area contributed by atoms with E-state index in [-0.39, 0.29) is 0 Å². The summed E-state index contributed by atoms with van der Waals surface area (Å²) in [7, 11) is 2.15. The van der Waals surface area contributed by atoms with E-state index < -0.39 is 0 Å². The minimum absolute atomic E-state index is 1.13. The smallest absolute Gasteiger partial charge is 0.0698 e. The van der Waals surface area contributed by atoms with Crippen molar-refractivity contribution in [3.63, 3.8) is 0 Å². The molecular formula is C31H26N2.